The van der Waals surface area contributed by atoms with Gasteiger partial charge in [0.25, 0.3) is 5.91 Å². The van der Waals surface area contributed by atoms with E-state index in [1.807, 2.05) is 0 Å². The molecule has 0 spiro atoms. The number of carboxylic acids is 1. The summed E-state index contributed by atoms with van der Waals surface area (Å²) in [7, 11) is 0. The van der Waals surface area contributed by atoms with Gasteiger partial charge in [-0.15, -0.1) is 0 Å². The zero-order valence-electron chi connectivity index (χ0n) is 9.16. The van der Waals surface area contributed by atoms with Crippen molar-refractivity contribution in [1.82, 2.24) is 15.3 Å². The summed E-state index contributed by atoms with van der Waals surface area (Å²) < 4.78 is 4.99. The number of furan rings is 1. The number of aromatic carboxylic acids is 1. The van der Waals surface area contributed by atoms with Crippen molar-refractivity contribution in [2.75, 3.05) is 0 Å². The van der Waals surface area contributed by atoms with Gasteiger partial charge in [-0.25, -0.2) is 14.8 Å². The number of carboxylic acid groups (broad SMARTS) is 1. The van der Waals surface area contributed by atoms with Crippen molar-refractivity contribution in [2.24, 2.45) is 0 Å². The monoisotopic (exact) mass is 247 g/mol. The minimum absolute atomic E-state index is 0.0982. The van der Waals surface area contributed by atoms with Crippen molar-refractivity contribution in [2.45, 2.75) is 6.54 Å². The van der Waals surface area contributed by atoms with Gasteiger partial charge in [-0.3, -0.25) is 4.79 Å². The molecule has 7 nitrogen and oxygen atoms in total. The second-order valence-corrected chi connectivity index (χ2v) is 3.38. The summed E-state index contributed by atoms with van der Waals surface area (Å²) in [6.07, 6.45) is 4.09. The fourth-order valence-corrected chi connectivity index (χ4v) is 1.27. The first-order valence-electron chi connectivity index (χ1n) is 5.02. The van der Waals surface area contributed by atoms with E-state index in [0.717, 1.165) is 0 Å². The van der Waals surface area contributed by atoms with E-state index in [2.05, 4.69) is 15.3 Å². The van der Waals surface area contributed by atoms with Crippen LogP contribution in [0.3, 0.4) is 0 Å². The van der Waals surface area contributed by atoms with Gasteiger partial charge in [-0.05, 0) is 12.1 Å². The van der Waals surface area contributed by atoms with E-state index in [4.69, 9.17) is 9.52 Å². The highest BCUT2D eigenvalue weighted by Crippen LogP contribution is 2.07. The van der Waals surface area contributed by atoms with Crippen LogP contribution in [0.4, 0.5) is 0 Å². The minimum Gasteiger partial charge on any atom is -0.475 e. The Bertz CT molecular complexity index is 565. The van der Waals surface area contributed by atoms with Gasteiger partial charge in [-0.2, -0.15) is 0 Å². The smallest absolute Gasteiger partial charge is 0.371 e. The third-order valence-electron chi connectivity index (χ3n) is 2.12. The third kappa shape index (κ3) is 2.70. The molecule has 1 amide bonds. The number of nitrogens with one attached hydrogen (secondary N) is 1. The van der Waals surface area contributed by atoms with Crippen LogP contribution in [-0.2, 0) is 6.54 Å². The molecule has 92 valence electrons. The molecule has 7 heteroatoms. The lowest BCUT2D eigenvalue weighted by Gasteiger charge is -2.01. The van der Waals surface area contributed by atoms with E-state index < -0.39 is 5.97 Å². The molecule has 0 fully saturated rings. The lowest BCUT2D eigenvalue weighted by Crippen LogP contribution is -2.22. The van der Waals surface area contributed by atoms with Crippen molar-refractivity contribution in [3.05, 3.63) is 47.9 Å². The molecule has 0 atom stereocenters. The maximum Gasteiger partial charge on any atom is 0.371 e. The molecule has 2 N–H and O–H groups in total. The highest BCUT2D eigenvalue weighted by atomic mass is 16.4. The number of carbonyl (C=O) groups is 2. The van der Waals surface area contributed by atoms with Crippen molar-refractivity contribution in [1.29, 1.82) is 0 Å². The van der Waals surface area contributed by atoms with Gasteiger partial charge >= 0.3 is 5.97 Å². The van der Waals surface area contributed by atoms with Crippen LogP contribution in [0.5, 0.6) is 0 Å². The molecule has 18 heavy (non-hydrogen) atoms. The summed E-state index contributed by atoms with van der Waals surface area (Å²) in [5.41, 5.74) is 0.322. The van der Waals surface area contributed by atoms with E-state index in [1.54, 1.807) is 0 Å². The fraction of sp³-hybridized carbons (Fsp3) is 0.0909. The molecule has 0 aliphatic carbocycles. The van der Waals surface area contributed by atoms with Gasteiger partial charge in [0.05, 0.1) is 12.1 Å². The Kier molecular flexibility index (Phi) is 3.33. The zero-order valence-corrected chi connectivity index (χ0v) is 9.16. The van der Waals surface area contributed by atoms with Gasteiger partial charge in [0.2, 0.25) is 5.76 Å². The summed E-state index contributed by atoms with van der Waals surface area (Å²) in [5.74, 6) is -1.31. The normalized spacial score (nSPS) is 10.0. The summed E-state index contributed by atoms with van der Waals surface area (Å²) in [4.78, 5) is 29.6. The first-order valence-corrected chi connectivity index (χ1v) is 5.02. The number of hydrogen-bond donors (Lipinski definition) is 2. The van der Waals surface area contributed by atoms with Crippen molar-refractivity contribution < 1.29 is 19.1 Å². The van der Waals surface area contributed by atoms with E-state index in [-0.39, 0.29) is 18.2 Å². The van der Waals surface area contributed by atoms with Gasteiger partial charge in [0.15, 0.2) is 0 Å². The molecule has 2 aromatic heterocycles. The topological polar surface area (TPSA) is 105 Å². The van der Waals surface area contributed by atoms with Crippen LogP contribution >= 0.6 is 0 Å². The van der Waals surface area contributed by atoms with Crippen molar-refractivity contribution in [3.63, 3.8) is 0 Å². The molecule has 0 unspecified atom stereocenters. The fourth-order valence-electron chi connectivity index (χ4n) is 1.27. The Hall–Kier alpha value is -2.70. The van der Waals surface area contributed by atoms with Crippen molar-refractivity contribution in [3.8, 4) is 0 Å². The second-order valence-electron chi connectivity index (χ2n) is 3.38. The predicted octanol–water partition coefficient (Wildman–Crippen LogP) is 0.698. The number of rotatable bonds is 4. The molecule has 0 bridgehead atoms. The molecular formula is C11H9N3O4. The third-order valence-corrected chi connectivity index (χ3v) is 2.12. The standard InChI is InChI=1S/C11H9N3O4/c15-10(7-3-12-6-13-4-7)14-5-8-1-2-9(18-8)11(16)17/h1-4,6H,5H2,(H,14,15)(H,16,17). The maximum absolute atomic E-state index is 11.6. The number of nitrogens with zero attached hydrogens (tertiary/aromatic N) is 2. The second kappa shape index (κ2) is 5.09. The van der Waals surface area contributed by atoms with Crippen LogP contribution in [0.1, 0.15) is 26.7 Å². The van der Waals surface area contributed by atoms with Crippen LogP contribution in [0.15, 0.2) is 35.3 Å². The Labute approximate surface area is 101 Å². The summed E-state index contributed by atoms with van der Waals surface area (Å²) in [6, 6.07) is 2.82. The average Bonchev–Trinajstić information content (AvgIpc) is 2.86. The summed E-state index contributed by atoms with van der Waals surface area (Å²) in [6.45, 7) is 0.0982. The van der Waals surface area contributed by atoms with E-state index >= 15 is 0 Å². The molecule has 2 heterocycles. The lowest BCUT2D eigenvalue weighted by molar-refractivity contribution is 0.0660. The largest absolute Gasteiger partial charge is 0.475 e. The van der Waals surface area contributed by atoms with Gasteiger partial charge in [-0.1, -0.05) is 0 Å². The van der Waals surface area contributed by atoms with Crippen LogP contribution in [0, 0.1) is 0 Å². The number of carbonyl (C=O) groups excluding carboxylic acids is 1. The Morgan fingerprint density at radius 2 is 2.00 bits per heavy atom. The van der Waals surface area contributed by atoms with Crippen LogP contribution in [-0.4, -0.2) is 27.0 Å². The molecule has 0 aliphatic heterocycles. The van der Waals surface area contributed by atoms with Crippen LogP contribution in [0.25, 0.3) is 0 Å². The molecule has 0 saturated heterocycles. The summed E-state index contributed by atoms with van der Waals surface area (Å²) in [5, 5.41) is 11.2. The molecule has 2 rings (SSSR count). The van der Waals surface area contributed by atoms with Crippen LogP contribution in [0.2, 0.25) is 0 Å². The van der Waals surface area contributed by atoms with Gasteiger partial charge in [0, 0.05) is 12.4 Å². The highest BCUT2D eigenvalue weighted by Gasteiger charge is 2.10. The number of amides is 1. The maximum atomic E-state index is 11.6. The van der Waals surface area contributed by atoms with E-state index in [9.17, 15) is 9.59 Å². The van der Waals surface area contributed by atoms with Crippen LogP contribution < -0.4 is 5.32 Å². The molecular weight excluding hydrogens is 238 g/mol. The van der Waals surface area contributed by atoms with E-state index in [1.165, 1.54) is 30.9 Å². The molecule has 0 aromatic carbocycles. The Morgan fingerprint density at radius 3 is 2.61 bits per heavy atom. The first kappa shape index (κ1) is 11.8. The van der Waals surface area contributed by atoms with E-state index in [0.29, 0.717) is 11.3 Å². The molecule has 0 radical (unpaired) electrons. The Morgan fingerprint density at radius 1 is 1.28 bits per heavy atom. The number of hydrogen-bond acceptors (Lipinski definition) is 5. The zero-order chi connectivity index (χ0) is 13.0. The summed E-state index contributed by atoms with van der Waals surface area (Å²) >= 11 is 0. The van der Waals surface area contributed by atoms with Gasteiger partial charge in [0.1, 0.15) is 12.1 Å². The average molecular weight is 247 g/mol. The van der Waals surface area contributed by atoms with Crippen molar-refractivity contribution >= 4 is 11.9 Å². The predicted molar refractivity (Wildman–Crippen MR) is 58.9 cm³/mol. The highest BCUT2D eigenvalue weighted by molar-refractivity contribution is 5.93. The molecule has 0 aliphatic rings. The number of aromatic nitrogens is 2. The lowest BCUT2D eigenvalue weighted by atomic mass is 10.3. The quantitative estimate of drug-likeness (QED) is 0.823. The first-order chi connectivity index (χ1) is 8.66. The molecule has 0 saturated carbocycles. The SMILES string of the molecule is O=C(NCc1ccc(C(=O)O)o1)c1cncnc1. The minimum atomic E-state index is -1.15. The Balaban J connectivity index is 1.95. The van der Waals surface area contributed by atoms with Gasteiger partial charge < -0.3 is 14.8 Å². The molecule has 2 aromatic rings.